The van der Waals surface area contributed by atoms with Gasteiger partial charge >= 0.3 is 0 Å². The smallest absolute Gasteiger partial charge is 0.237 e. The minimum Gasteiger partial charge on any atom is -0.474 e. The Hall–Kier alpha value is -1.33. The highest BCUT2D eigenvalue weighted by Crippen LogP contribution is 2.23. The van der Waals surface area contributed by atoms with Crippen LogP contribution in [0.5, 0.6) is 5.88 Å². The first-order valence-corrected chi connectivity index (χ1v) is 8.25. The highest BCUT2D eigenvalue weighted by atomic mass is 35.5. The maximum atomic E-state index is 12.0. The zero-order valence-electron chi connectivity index (χ0n) is 14.0. The van der Waals surface area contributed by atoms with Crippen LogP contribution in [0.2, 0.25) is 0 Å². The van der Waals surface area contributed by atoms with E-state index in [2.05, 4.69) is 10.3 Å². The van der Waals surface area contributed by atoms with Gasteiger partial charge in [0.15, 0.2) is 0 Å². The molecule has 0 saturated heterocycles. The first kappa shape index (κ1) is 19.7. The van der Waals surface area contributed by atoms with Crippen LogP contribution in [0.4, 0.5) is 0 Å². The van der Waals surface area contributed by atoms with Crippen LogP contribution in [0.1, 0.15) is 51.5 Å². The highest BCUT2D eigenvalue weighted by molar-refractivity contribution is 5.85. The monoisotopic (exact) mass is 341 g/mol. The van der Waals surface area contributed by atoms with Crippen LogP contribution in [-0.4, -0.2) is 23.0 Å². The van der Waals surface area contributed by atoms with Gasteiger partial charge in [-0.1, -0.05) is 20.3 Å². The molecule has 1 heterocycles. The van der Waals surface area contributed by atoms with Crippen molar-refractivity contribution >= 4 is 18.3 Å². The zero-order chi connectivity index (χ0) is 15.9. The summed E-state index contributed by atoms with van der Waals surface area (Å²) in [5.41, 5.74) is 6.90. The number of carbonyl (C=O) groups excluding carboxylic acids is 1. The summed E-state index contributed by atoms with van der Waals surface area (Å²) in [7, 11) is 0. The van der Waals surface area contributed by atoms with Crippen LogP contribution in [-0.2, 0) is 11.3 Å². The molecule has 0 aromatic carbocycles. The fourth-order valence-corrected chi connectivity index (χ4v) is 2.62. The van der Waals surface area contributed by atoms with Crippen LogP contribution >= 0.6 is 12.4 Å². The molecule has 5 nitrogen and oxygen atoms in total. The lowest BCUT2D eigenvalue weighted by atomic mass is 9.99. The molecule has 0 bridgehead atoms. The zero-order valence-corrected chi connectivity index (χ0v) is 14.8. The first-order chi connectivity index (χ1) is 10.6. The van der Waals surface area contributed by atoms with E-state index in [1.54, 1.807) is 6.20 Å². The topological polar surface area (TPSA) is 77.2 Å². The van der Waals surface area contributed by atoms with E-state index in [0.717, 1.165) is 24.8 Å². The number of carbonyl (C=O) groups is 1. The molecule has 0 spiro atoms. The second-order valence-electron chi connectivity index (χ2n) is 6.16. The average Bonchev–Trinajstić information content (AvgIpc) is 3.04. The molecule has 2 rings (SSSR count). The van der Waals surface area contributed by atoms with Crippen LogP contribution in [0.25, 0.3) is 0 Å². The van der Waals surface area contributed by atoms with E-state index in [1.807, 2.05) is 26.0 Å². The molecule has 1 aliphatic rings. The largest absolute Gasteiger partial charge is 0.474 e. The standard InChI is InChI=1S/C17H27N3O2.ClH/c1-3-12(2)16(18)17(21)20-11-13-8-9-19-15(10-13)22-14-6-4-5-7-14;/h8-10,12,14,16H,3-7,11,18H2,1-2H3,(H,20,21);1H. The Bertz CT molecular complexity index is 492. The summed E-state index contributed by atoms with van der Waals surface area (Å²) in [6.45, 7) is 4.48. The molecule has 2 atom stereocenters. The number of pyridine rings is 1. The molecule has 2 unspecified atom stereocenters. The average molecular weight is 342 g/mol. The molecule has 6 heteroatoms. The molecular formula is C17H28ClN3O2. The van der Waals surface area contributed by atoms with Crippen LogP contribution in [0.15, 0.2) is 18.3 Å². The molecule has 1 aromatic rings. The van der Waals surface area contributed by atoms with Gasteiger partial charge in [0.1, 0.15) is 6.10 Å². The SMILES string of the molecule is CCC(C)C(N)C(=O)NCc1ccnc(OC2CCCC2)c1.Cl. The number of hydrogen-bond donors (Lipinski definition) is 2. The molecule has 0 radical (unpaired) electrons. The second-order valence-corrected chi connectivity index (χ2v) is 6.16. The molecule has 1 fully saturated rings. The van der Waals surface area contributed by atoms with Gasteiger partial charge < -0.3 is 15.8 Å². The van der Waals surface area contributed by atoms with Crippen molar-refractivity contribution in [3.05, 3.63) is 23.9 Å². The molecule has 1 saturated carbocycles. The number of halogens is 1. The number of ether oxygens (including phenoxy) is 1. The van der Waals surface area contributed by atoms with Crippen molar-refractivity contribution in [3.63, 3.8) is 0 Å². The Morgan fingerprint density at radius 3 is 2.83 bits per heavy atom. The maximum absolute atomic E-state index is 12.0. The Balaban J connectivity index is 0.00000264. The Morgan fingerprint density at radius 1 is 1.48 bits per heavy atom. The first-order valence-electron chi connectivity index (χ1n) is 8.25. The predicted octanol–water partition coefficient (Wildman–Crippen LogP) is 2.81. The van der Waals surface area contributed by atoms with Gasteiger partial charge in [0, 0.05) is 18.8 Å². The molecule has 130 valence electrons. The van der Waals surface area contributed by atoms with Gasteiger partial charge in [-0.3, -0.25) is 4.79 Å². The number of rotatable bonds is 7. The summed E-state index contributed by atoms with van der Waals surface area (Å²) in [6, 6.07) is 3.32. The summed E-state index contributed by atoms with van der Waals surface area (Å²) in [5.74, 6) is 0.716. The van der Waals surface area contributed by atoms with E-state index in [0.29, 0.717) is 12.4 Å². The van der Waals surface area contributed by atoms with Crippen LogP contribution < -0.4 is 15.8 Å². The minimum atomic E-state index is -0.457. The Kier molecular flexibility index (Phi) is 8.34. The third-order valence-electron chi connectivity index (χ3n) is 4.42. The van der Waals surface area contributed by atoms with E-state index < -0.39 is 6.04 Å². The van der Waals surface area contributed by atoms with Gasteiger partial charge in [-0.05, 0) is 43.2 Å². The van der Waals surface area contributed by atoms with Crippen molar-refractivity contribution in [2.45, 2.75) is 64.6 Å². The van der Waals surface area contributed by atoms with Crippen LogP contribution in [0, 0.1) is 5.92 Å². The van der Waals surface area contributed by atoms with Gasteiger partial charge in [-0.25, -0.2) is 4.98 Å². The van der Waals surface area contributed by atoms with E-state index in [1.165, 1.54) is 12.8 Å². The predicted molar refractivity (Wildman–Crippen MR) is 93.6 cm³/mol. The molecule has 23 heavy (non-hydrogen) atoms. The van der Waals surface area contributed by atoms with Gasteiger partial charge in [0.05, 0.1) is 6.04 Å². The lowest BCUT2D eigenvalue weighted by molar-refractivity contribution is -0.123. The number of nitrogens with two attached hydrogens (primary N) is 1. The number of nitrogens with zero attached hydrogens (tertiary/aromatic N) is 1. The van der Waals surface area contributed by atoms with Gasteiger partial charge in [-0.2, -0.15) is 0 Å². The summed E-state index contributed by atoms with van der Waals surface area (Å²) < 4.78 is 5.88. The fraction of sp³-hybridized carbons (Fsp3) is 0.647. The van der Waals surface area contributed by atoms with Crippen molar-refractivity contribution in [3.8, 4) is 5.88 Å². The lowest BCUT2D eigenvalue weighted by Gasteiger charge is -2.18. The molecule has 3 N–H and O–H groups in total. The third kappa shape index (κ3) is 5.99. The van der Waals surface area contributed by atoms with E-state index in [-0.39, 0.29) is 30.3 Å². The summed E-state index contributed by atoms with van der Waals surface area (Å²) >= 11 is 0. The third-order valence-corrected chi connectivity index (χ3v) is 4.42. The fourth-order valence-electron chi connectivity index (χ4n) is 2.62. The number of hydrogen-bond acceptors (Lipinski definition) is 4. The van der Waals surface area contributed by atoms with E-state index in [9.17, 15) is 4.79 Å². The summed E-state index contributed by atoms with van der Waals surface area (Å²) in [4.78, 5) is 16.2. The molecular weight excluding hydrogens is 314 g/mol. The highest BCUT2D eigenvalue weighted by Gasteiger charge is 2.19. The quantitative estimate of drug-likeness (QED) is 0.799. The lowest BCUT2D eigenvalue weighted by Crippen LogP contribution is -2.44. The number of nitrogens with one attached hydrogen (secondary N) is 1. The van der Waals surface area contributed by atoms with Gasteiger partial charge in [0.25, 0.3) is 0 Å². The van der Waals surface area contributed by atoms with Crippen molar-refractivity contribution in [1.29, 1.82) is 0 Å². The summed E-state index contributed by atoms with van der Waals surface area (Å²) in [6.07, 6.45) is 7.57. The number of amides is 1. The summed E-state index contributed by atoms with van der Waals surface area (Å²) in [5, 5.41) is 2.89. The molecule has 1 aliphatic carbocycles. The minimum absolute atomic E-state index is 0. The normalized spacial score (nSPS) is 17.2. The van der Waals surface area contributed by atoms with E-state index >= 15 is 0 Å². The van der Waals surface area contributed by atoms with Crippen LogP contribution in [0.3, 0.4) is 0 Å². The Morgan fingerprint density at radius 2 is 2.17 bits per heavy atom. The Labute approximate surface area is 144 Å². The van der Waals surface area contributed by atoms with Crippen molar-refractivity contribution in [1.82, 2.24) is 10.3 Å². The van der Waals surface area contributed by atoms with Crippen molar-refractivity contribution < 1.29 is 9.53 Å². The second kappa shape index (κ2) is 9.73. The van der Waals surface area contributed by atoms with Crippen molar-refractivity contribution in [2.75, 3.05) is 0 Å². The number of aromatic nitrogens is 1. The maximum Gasteiger partial charge on any atom is 0.237 e. The van der Waals surface area contributed by atoms with E-state index in [4.69, 9.17) is 10.5 Å². The van der Waals surface area contributed by atoms with Gasteiger partial charge in [0.2, 0.25) is 11.8 Å². The molecule has 1 aromatic heterocycles. The molecule has 0 aliphatic heterocycles. The van der Waals surface area contributed by atoms with Crippen molar-refractivity contribution in [2.24, 2.45) is 11.7 Å². The van der Waals surface area contributed by atoms with Gasteiger partial charge in [-0.15, -0.1) is 12.4 Å². The molecule has 1 amide bonds.